The molecule has 0 amide bonds. The quantitative estimate of drug-likeness (QED) is 0.383. The van der Waals surface area contributed by atoms with E-state index < -0.39 is 6.98 Å². The van der Waals surface area contributed by atoms with Gasteiger partial charge in [0.2, 0.25) is 0 Å². The molecule has 124 valence electrons. The highest BCUT2D eigenvalue weighted by Crippen LogP contribution is 2.35. The van der Waals surface area contributed by atoms with Crippen LogP contribution in [0, 0.1) is 0 Å². The van der Waals surface area contributed by atoms with Crippen LogP contribution in [0.5, 0.6) is 0 Å². The molecule has 2 aromatic heterocycles. The summed E-state index contributed by atoms with van der Waals surface area (Å²) in [5.41, 5.74) is 5.10. The first kappa shape index (κ1) is 12.0. The highest BCUT2D eigenvalue weighted by Gasteiger charge is 2.13. The molecule has 2 nitrogen and oxygen atoms in total. The van der Waals surface area contributed by atoms with Gasteiger partial charge in [-0.15, -0.1) is 0 Å². The van der Waals surface area contributed by atoms with Crippen LogP contribution in [-0.2, 0) is 6.98 Å². The first-order valence-corrected chi connectivity index (χ1v) is 8.58. The normalized spacial score (nSPS) is 13.5. The maximum atomic E-state index is 8.17. The predicted octanol–water partition coefficient (Wildman–Crippen LogP) is 6.06. The molecule has 5 rings (SSSR count). The van der Waals surface area contributed by atoms with Gasteiger partial charge in [0.05, 0.1) is 11.2 Å². The molecule has 2 heterocycles. The minimum atomic E-state index is -2.30. The molecule has 0 spiro atoms. The summed E-state index contributed by atoms with van der Waals surface area (Å²) < 4.78 is 26.0. The molecule has 0 aliphatic carbocycles. The number of aromatic nitrogens is 2. The van der Waals surface area contributed by atoms with Crippen molar-refractivity contribution in [1.29, 1.82) is 0 Å². The first-order valence-electron chi connectivity index (χ1n) is 10.1. The Morgan fingerprint density at radius 2 is 1.58 bits per heavy atom. The third-order valence-corrected chi connectivity index (χ3v) is 4.84. The lowest BCUT2D eigenvalue weighted by Crippen LogP contribution is -1.92. The lowest BCUT2D eigenvalue weighted by molar-refractivity contribution is 1.01. The van der Waals surface area contributed by atoms with Crippen LogP contribution in [0.1, 0.15) is 4.11 Å². The monoisotopic (exact) mass is 337 g/mol. The highest BCUT2D eigenvalue weighted by atomic mass is 14.9. The number of benzene rings is 3. The first-order chi connectivity index (χ1) is 14.0. The van der Waals surface area contributed by atoms with Crippen molar-refractivity contribution in [3.63, 3.8) is 0 Å². The Bertz CT molecular complexity index is 1340. The molecular weight excluding hydrogens is 316 g/mol. The second-order valence-corrected chi connectivity index (χ2v) is 6.35. The van der Waals surface area contributed by atoms with Crippen molar-refractivity contribution in [2.75, 3.05) is 0 Å². The second-order valence-electron chi connectivity index (χ2n) is 6.35. The third kappa shape index (κ3) is 2.23. The standard InChI is InChI=1S/C24H18N2/c1-26-23-13-6-5-10-19(23)20-11-7-12-21(24(20)26)22-16-18(14-15-25-22)17-8-3-2-4-9-17/h2-16H,1H3/i1D3. The summed E-state index contributed by atoms with van der Waals surface area (Å²) in [6.07, 6.45) is 1.78. The van der Waals surface area contributed by atoms with Crippen LogP contribution >= 0.6 is 0 Å². The van der Waals surface area contributed by atoms with Crippen LogP contribution in [0.3, 0.4) is 0 Å². The smallest absolute Gasteiger partial charge is 0.0729 e. The molecule has 0 unspecified atom stereocenters. The minimum absolute atomic E-state index is 0.686. The van der Waals surface area contributed by atoms with Gasteiger partial charge in [-0.1, -0.05) is 66.7 Å². The molecule has 0 atom stereocenters. The minimum Gasteiger partial charge on any atom is -0.343 e. The molecule has 0 radical (unpaired) electrons. The van der Waals surface area contributed by atoms with E-state index in [1.807, 2.05) is 72.8 Å². The molecule has 0 fully saturated rings. The van der Waals surface area contributed by atoms with Gasteiger partial charge in [0.15, 0.2) is 0 Å². The molecule has 0 saturated carbocycles. The zero-order valence-electron chi connectivity index (χ0n) is 17.1. The Morgan fingerprint density at radius 1 is 0.769 bits per heavy atom. The van der Waals surface area contributed by atoms with Gasteiger partial charge in [-0.05, 0) is 29.3 Å². The molecule has 0 saturated heterocycles. The summed E-state index contributed by atoms with van der Waals surface area (Å²) in [6, 6.07) is 27.6. The summed E-state index contributed by atoms with van der Waals surface area (Å²) in [5, 5.41) is 1.85. The topological polar surface area (TPSA) is 17.8 Å². The lowest BCUT2D eigenvalue weighted by Gasteiger charge is -2.08. The van der Waals surface area contributed by atoms with Crippen LogP contribution in [-0.4, -0.2) is 9.55 Å². The average molecular weight is 337 g/mol. The molecule has 0 N–H and O–H groups in total. The molecule has 0 aliphatic heterocycles. The fourth-order valence-corrected chi connectivity index (χ4v) is 3.61. The van der Waals surface area contributed by atoms with Crippen LogP contribution in [0.15, 0.2) is 91.1 Å². The van der Waals surface area contributed by atoms with Gasteiger partial charge in [-0.2, -0.15) is 0 Å². The number of rotatable bonds is 2. The number of fused-ring (bicyclic) bond motifs is 3. The van der Waals surface area contributed by atoms with E-state index in [4.69, 9.17) is 4.11 Å². The van der Waals surface area contributed by atoms with Crippen LogP contribution in [0.2, 0.25) is 0 Å². The number of pyridine rings is 1. The molecule has 5 aromatic rings. The molecule has 2 heteroatoms. The van der Waals surface area contributed by atoms with E-state index >= 15 is 0 Å². The number of nitrogens with zero attached hydrogens (tertiary/aromatic N) is 2. The fraction of sp³-hybridized carbons (Fsp3) is 0.0417. The maximum Gasteiger partial charge on any atom is 0.0729 e. The molecule has 0 bridgehead atoms. The average Bonchev–Trinajstić information content (AvgIpc) is 3.09. The van der Waals surface area contributed by atoms with Crippen LogP contribution in [0.25, 0.3) is 44.2 Å². The Labute approximate surface area is 156 Å². The lowest BCUT2D eigenvalue weighted by atomic mass is 10.0. The Balaban J connectivity index is 1.84. The number of aryl methyl sites for hydroxylation is 1. The summed E-state index contributed by atoms with van der Waals surface area (Å²) >= 11 is 0. The maximum absolute atomic E-state index is 8.17. The molecule has 3 aromatic carbocycles. The highest BCUT2D eigenvalue weighted by molar-refractivity contribution is 6.12. The van der Waals surface area contributed by atoms with Gasteiger partial charge in [0.25, 0.3) is 0 Å². The van der Waals surface area contributed by atoms with Crippen molar-refractivity contribution in [1.82, 2.24) is 9.55 Å². The van der Waals surface area contributed by atoms with Gasteiger partial charge in [0, 0.05) is 39.1 Å². The predicted molar refractivity (Wildman–Crippen MR) is 109 cm³/mol. The van der Waals surface area contributed by atoms with Crippen molar-refractivity contribution >= 4 is 21.8 Å². The van der Waals surface area contributed by atoms with E-state index in [0.29, 0.717) is 11.0 Å². The Kier molecular flexibility index (Phi) is 2.71. The van der Waals surface area contributed by atoms with E-state index in [2.05, 4.69) is 17.1 Å². The summed E-state index contributed by atoms with van der Waals surface area (Å²) in [4.78, 5) is 4.58. The van der Waals surface area contributed by atoms with Crippen LogP contribution in [0.4, 0.5) is 0 Å². The Hall–Kier alpha value is -3.39. The molecule has 26 heavy (non-hydrogen) atoms. The zero-order valence-corrected chi connectivity index (χ0v) is 14.1. The van der Waals surface area contributed by atoms with Gasteiger partial charge in [-0.3, -0.25) is 4.98 Å². The molecule has 0 aliphatic rings. The zero-order chi connectivity index (χ0) is 20.0. The van der Waals surface area contributed by atoms with Gasteiger partial charge < -0.3 is 4.57 Å². The number of hydrogen-bond donors (Lipinski definition) is 0. The third-order valence-electron chi connectivity index (χ3n) is 4.84. The van der Waals surface area contributed by atoms with Gasteiger partial charge in [-0.25, -0.2) is 0 Å². The van der Waals surface area contributed by atoms with E-state index in [-0.39, 0.29) is 0 Å². The van der Waals surface area contributed by atoms with Crippen molar-refractivity contribution in [3.05, 3.63) is 91.1 Å². The van der Waals surface area contributed by atoms with E-state index in [9.17, 15) is 0 Å². The van der Waals surface area contributed by atoms with Crippen molar-refractivity contribution in [3.8, 4) is 22.4 Å². The summed E-state index contributed by atoms with van der Waals surface area (Å²) in [6.45, 7) is -2.30. The van der Waals surface area contributed by atoms with E-state index in [0.717, 1.165) is 33.2 Å². The van der Waals surface area contributed by atoms with Crippen molar-refractivity contribution in [2.24, 2.45) is 6.98 Å². The van der Waals surface area contributed by atoms with Crippen LogP contribution < -0.4 is 0 Å². The Morgan fingerprint density at radius 3 is 2.46 bits per heavy atom. The number of hydrogen-bond acceptors (Lipinski definition) is 1. The van der Waals surface area contributed by atoms with Crippen molar-refractivity contribution < 1.29 is 4.11 Å². The second kappa shape index (κ2) is 5.85. The van der Waals surface area contributed by atoms with Gasteiger partial charge >= 0.3 is 0 Å². The van der Waals surface area contributed by atoms with Crippen molar-refractivity contribution in [2.45, 2.75) is 0 Å². The van der Waals surface area contributed by atoms with Gasteiger partial charge in [0.1, 0.15) is 0 Å². The number of para-hydroxylation sites is 2. The molecular formula is C24H18N2. The fourth-order valence-electron chi connectivity index (χ4n) is 3.61. The largest absolute Gasteiger partial charge is 0.343 e. The van der Waals surface area contributed by atoms with E-state index in [1.54, 1.807) is 6.20 Å². The SMILES string of the molecule is [2H]C([2H])([2H])n1c2ccccc2c2cccc(-c3cc(-c4ccccc4)ccn3)c21. The van der Waals surface area contributed by atoms with E-state index in [1.165, 1.54) is 4.57 Å². The summed E-state index contributed by atoms with van der Waals surface area (Å²) in [7, 11) is 0. The summed E-state index contributed by atoms with van der Waals surface area (Å²) in [5.74, 6) is 0.